The maximum atomic E-state index is 11.7. The molecule has 1 fully saturated rings. The fourth-order valence-corrected chi connectivity index (χ4v) is 2.79. The van der Waals surface area contributed by atoms with Crippen molar-refractivity contribution in [1.82, 2.24) is 20.0 Å². The number of aryl methyl sites for hydroxylation is 2. The van der Waals surface area contributed by atoms with Crippen LogP contribution in [0.15, 0.2) is 12.4 Å². The van der Waals surface area contributed by atoms with Crippen LogP contribution < -0.4 is 5.32 Å². The maximum absolute atomic E-state index is 11.7. The van der Waals surface area contributed by atoms with Gasteiger partial charge in [-0.2, -0.15) is 5.10 Å². The Kier molecular flexibility index (Phi) is 6.73. The van der Waals surface area contributed by atoms with Crippen molar-refractivity contribution in [3.63, 3.8) is 0 Å². The van der Waals surface area contributed by atoms with Crippen LogP contribution in [0.5, 0.6) is 0 Å². The molecular weight excluding hydrogens is 264 g/mol. The molecule has 1 aromatic heterocycles. The lowest BCUT2D eigenvalue weighted by atomic mass is 10.1. The number of nitrogens with zero attached hydrogens (tertiary/aromatic N) is 3. The number of hydrogen-bond donors (Lipinski definition) is 1. The number of nitrogens with one attached hydrogen (secondary N) is 1. The highest BCUT2D eigenvalue weighted by atomic mass is 16.1. The second-order valence-corrected chi connectivity index (χ2v) is 5.99. The fraction of sp³-hybridized carbons (Fsp3) is 0.750. The molecule has 1 aliphatic heterocycles. The third-order valence-electron chi connectivity index (χ3n) is 3.98. The van der Waals surface area contributed by atoms with E-state index in [-0.39, 0.29) is 5.91 Å². The summed E-state index contributed by atoms with van der Waals surface area (Å²) in [6.45, 7) is 7.13. The number of carbonyl (C=O) groups excluding carboxylic acids is 1. The van der Waals surface area contributed by atoms with Crippen molar-refractivity contribution >= 4 is 5.91 Å². The summed E-state index contributed by atoms with van der Waals surface area (Å²) < 4.78 is 1.93. The van der Waals surface area contributed by atoms with Gasteiger partial charge in [0.05, 0.1) is 6.20 Å². The second-order valence-electron chi connectivity index (χ2n) is 5.99. The van der Waals surface area contributed by atoms with Crippen LogP contribution >= 0.6 is 0 Å². The molecule has 0 bridgehead atoms. The summed E-state index contributed by atoms with van der Waals surface area (Å²) in [5.74, 6) is 0.184. The first-order chi connectivity index (χ1) is 10.2. The Morgan fingerprint density at radius 2 is 2.05 bits per heavy atom. The second kappa shape index (κ2) is 8.82. The lowest BCUT2D eigenvalue weighted by molar-refractivity contribution is -0.121. The van der Waals surface area contributed by atoms with Gasteiger partial charge in [-0.05, 0) is 57.8 Å². The summed E-state index contributed by atoms with van der Waals surface area (Å²) in [5.41, 5.74) is 1.18. The molecular formula is C16H28N4O. The summed E-state index contributed by atoms with van der Waals surface area (Å²) in [6, 6.07) is 0. The molecule has 21 heavy (non-hydrogen) atoms. The van der Waals surface area contributed by atoms with Crippen LogP contribution in [-0.4, -0.2) is 46.8 Å². The van der Waals surface area contributed by atoms with Crippen molar-refractivity contribution in [2.24, 2.45) is 0 Å². The van der Waals surface area contributed by atoms with Gasteiger partial charge in [-0.1, -0.05) is 6.42 Å². The summed E-state index contributed by atoms with van der Waals surface area (Å²) in [7, 11) is 0. The third kappa shape index (κ3) is 6.29. The zero-order valence-electron chi connectivity index (χ0n) is 13.2. The maximum Gasteiger partial charge on any atom is 0.220 e. The lowest BCUT2D eigenvalue weighted by Gasteiger charge is -2.26. The molecule has 118 valence electrons. The molecule has 1 saturated heterocycles. The first kappa shape index (κ1) is 16.0. The Labute approximate surface area is 127 Å². The average Bonchev–Trinajstić information content (AvgIpc) is 2.90. The van der Waals surface area contributed by atoms with Gasteiger partial charge in [0.2, 0.25) is 5.91 Å². The normalized spacial score (nSPS) is 16.0. The van der Waals surface area contributed by atoms with Crippen molar-refractivity contribution < 1.29 is 4.79 Å². The zero-order valence-corrected chi connectivity index (χ0v) is 13.2. The SMILES string of the molecule is Cc1cnn(CCCNC(=O)CCCN2CCCCC2)c1. The van der Waals surface area contributed by atoms with Crippen LogP contribution in [0.2, 0.25) is 0 Å². The Morgan fingerprint density at radius 3 is 2.76 bits per heavy atom. The first-order valence-corrected chi connectivity index (χ1v) is 8.22. The van der Waals surface area contributed by atoms with Crippen LogP contribution in [0.3, 0.4) is 0 Å². The molecule has 1 amide bonds. The van der Waals surface area contributed by atoms with Crippen LogP contribution in [0.25, 0.3) is 0 Å². The van der Waals surface area contributed by atoms with Gasteiger partial charge in [0.15, 0.2) is 0 Å². The highest BCUT2D eigenvalue weighted by Gasteiger charge is 2.10. The predicted molar refractivity (Wildman–Crippen MR) is 84.1 cm³/mol. The van der Waals surface area contributed by atoms with Gasteiger partial charge in [-0.3, -0.25) is 9.48 Å². The van der Waals surface area contributed by atoms with E-state index in [2.05, 4.69) is 15.3 Å². The molecule has 5 heteroatoms. The summed E-state index contributed by atoms with van der Waals surface area (Å²) >= 11 is 0. The van der Waals surface area contributed by atoms with E-state index in [4.69, 9.17) is 0 Å². The Morgan fingerprint density at radius 1 is 1.24 bits per heavy atom. The van der Waals surface area contributed by atoms with Crippen molar-refractivity contribution in [2.45, 2.75) is 52.0 Å². The van der Waals surface area contributed by atoms with Gasteiger partial charge in [-0.15, -0.1) is 0 Å². The van der Waals surface area contributed by atoms with Crippen molar-refractivity contribution in [2.75, 3.05) is 26.2 Å². The number of hydrogen-bond acceptors (Lipinski definition) is 3. The van der Waals surface area contributed by atoms with Crippen LogP contribution in [-0.2, 0) is 11.3 Å². The van der Waals surface area contributed by atoms with Gasteiger partial charge in [0, 0.05) is 25.7 Å². The molecule has 0 unspecified atom stereocenters. The predicted octanol–water partition coefficient (Wildman–Crippen LogP) is 1.96. The molecule has 0 spiro atoms. The van der Waals surface area contributed by atoms with Gasteiger partial charge >= 0.3 is 0 Å². The Bertz CT molecular complexity index is 424. The summed E-state index contributed by atoms with van der Waals surface area (Å²) in [6.07, 6.45) is 10.4. The molecule has 0 aromatic carbocycles. The molecule has 5 nitrogen and oxygen atoms in total. The number of aromatic nitrogens is 2. The topological polar surface area (TPSA) is 50.2 Å². The molecule has 2 heterocycles. The van der Waals surface area contributed by atoms with Gasteiger partial charge in [0.1, 0.15) is 0 Å². The highest BCUT2D eigenvalue weighted by molar-refractivity contribution is 5.75. The standard InChI is InChI=1S/C16H28N4O/c1-15-13-18-20(14-15)12-6-8-17-16(21)7-5-11-19-9-3-2-4-10-19/h13-14H,2-12H2,1H3,(H,17,21). The van der Waals surface area contributed by atoms with Gasteiger partial charge < -0.3 is 10.2 Å². The molecule has 1 N–H and O–H groups in total. The minimum Gasteiger partial charge on any atom is -0.356 e. The number of piperidine rings is 1. The van der Waals surface area contributed by atoms with E-state index in [9.17, 15) is 4.79 Å². The first-order valence-electron chi connectivity index (χ1n) is 8.22. The summed E-state index contributed by atoms with van der Waals surface area (Å²) in [4.78, 5) is 14.2. The molecule has 1 aliphatic rings. The molecule has 1 aromatic rings. The smallest absolute Gasteiger partial charge is 0.220 e. The summed E-state index contributed by atoms with van der Waals surface area (Å²) in [5, 5.41) is 7.23. The van der Waals surface area contributed by atoms with E-state index in [0.29, 0.717) is 6.42 Å². The van der Waals surface area contributed by atoms with E-state index >= 15 is 0 Å². The van der Waals surface area contributed by atoms with Gasteiger partial charge in [0.25, 0.3) is 0 Å². The van der Waals surface area contributed by atoms with E-state index in [1.807, 2.05) is 24.0 Å². The average molecular weight is 292 g/mol. The number of amides is 1. The largest absolute Gasteiger partial charge is 0.356 e. The highest BCUT2D eigenvalue weighted by Crippen LogP contribution is 2.09. The lowest BCUT2D eigenvalue weighted by Crippen LogP contribution is -2.32. The fourth-order valence-electron chi connectivity index (χ4n) is 2.79. The minimum absolute atomic E-state index is 0.184. The number of rotatable bonds is 8. The van der Waals surface area contributed by atoms with Crippen molar-refractivity contribution in [3.05, 3.63) is 18.0 Å². The van der Waals surface area contributed by atoms with Gasteiger partial charge in [-0.25, -0.2) is 0 Å². The van der Waals surface area contributed by atoms with E-state index in [1.54, 1.807) is 0 Å². The third-order valence-corrected chi connectivity index (χ3v) is 3.98. The van der Waals surface area contributed by atoms with E-state index < -0.39 is 0 Å². The Hall–Kier alpha value is -1.36. The van der Waals surface area contributed by atoms with E-state index in [1.165, 1.54) is 37.9 Å². The number of likely N-dealkylation sites (tertiary alicyclic amines) is 1. The molecule has 0 aliphatic carbocycles. The van der Waals surface area contributed by atoms with Crippen molar-refractivity contribution in [1.29, 1.82) is 0 Å². The minimum atomic E-state index is 0.184. The zero-order chi connectivity index (χ0) is 14.9. The molecule has 0 radical (unpaired) electrons. The monoisotopic (exact) mass is 292 g/mol. The van der Waals surface area contributed by atoms with E-state index in [0.717, 1.165) is 32.5 Å². The molecule has 2 rings (SSSR count). The van der Waals surface area contributed by atoms with Crippen LogP contribution in [0.1, 0.15) is 44.1 Å². The number of carbonyl (C=O) groups is 1. The van der Waals surface area contributed by atoms with Crippen LogP contribution in [0.4, 0.5) is 0 Å². The van der Waals surface area contributed by atoms with Crippen molar-refractivity contribution in [3.8, 4) is 0 Å². The molecule has 0 atom stereocenters. The molecule has 0 saturated carbocycles. The van der Waals surface area contributed by atoms with Crippen LogP contribution in [0, 0.1) is 6.92 Å². The quantitative estimate of drug-likeness (QED) is 0.745. The Balaban J connectivity index is 1.47.